The molecular weight excluding hydrogens is 252 g/mol. The molecule has 1 heterocycles. The third kappa shape index (κ3) is 3.97. The first kappa shape index (κ1) is 14.9. The summed E-state index contributed by atoms with van der Waals surface area (Å²) >= 11 is 0. The average Bonchev–Trinajstić information content (AvgIpc) is 2.99. The molecule has 2 rings (SSSR count). The van der Waals surface area contributed by atoms with Crippen LogP contribution in [0.3, 0.4) is 0 Å². The molecule has 1 aliphatic heterocycles. The smallest absolute Gasteiger partial charge is 0.224 e. The van der Waals surface area contributed by atoms with E-state index in [2.05, 4.69) is 17.6 Å². The summed E-state index contributed by atoms with van der Waals surface area (Å²) < 4.78 is 5.98. The normalized spacial score (nSPS) is 19.6. The number of ether oxygens (including phenoxy) is 1. The molecule has 1 aliphatic rings. The van der Waals surface area contributed by atoms with Crippen LogP contribution >= 0.6 is 0 Å². The predicted octanol–water partition coefficient (Wildman–Crippen LogP) is 1.88. The van der Waals surface area contributed by atoms with E-state index in [1.165, 1.54) is 0 Å². The van der Waals surface area contributed by atoms with Crippen molar-refractivity contribution in [2.24, 2.45) is 5.92 Å². The van der Waals surface area contributed by atoms with Crippen molar-refractivity contribution in [2.75, 3.05) is 19.6 Å². The van der Waals surface area contributed by atoms with E-state index in [1.54, 1.807) is 0 Å². The third-order valence-corrected chi connectivity index (χ3v) is 3.78. The van der Waals surface area contributed by atoms with Gasteiger partial charge in [-0.25, -0.2) is 0 Å². The number of rotatable bonds is 6. The molecule has 0 spiro atoms. The molecule has 1 saturated heterocycles. The van der Waals surface area contributed by atoms with E-state index >= 15 is 0 Å². The van der Waals surface area contributed by atoms with Crippen LogP contribution in [-0.2, 0) is 4.79 Å². The monoisotopic (exact) mass is 276 g/mol. The lowest BCUT2D eigenvalue weighted by molar-refractivity contribution is -0.124. The van der Waals surface area contributed by atoms with E-state index < -0.39 is 0 Å². The Hall–Kier alpha value is -1.55. The highest BCUT2D eigenvalue weighted by Crippen LogP contribution is 2.18. The summed E-state index contributed by atoms with van der Waals surface area (Å²) in [5.41, 5.74) is 1.12. The minimum absolute atomic E-state index is 0.0226. The van der Waals surface area contributed by atoms with Crippen LogP contribution in [0.1, 0.15) is 25.3 Å². The number of hydrogen-bond acceptors (Lipinski definition) is 3. The van der Waals surface area contributed by atoms with Crippen molar-refractivity contribution < 1.29 is 9.53 Å². The van der Waals surface area contributed by atoms with Crippen molar-refractivity contribution in [1.29, 1.82) is 0 Å². The minimum Gasteiger partial charge on any atom is -0.488 e. The SMILES string of the molecule is CCC(CNC(=O)C1CCNC1)Oc1ccccc1C. The molecule has 2 unspecified atom stereocenters. The molecule has 0 radical (unpaired) electrons. The molecule has 20 heavy (non-hydrogen) atoms. The van der Waals surface area contributed by atoms with E-state index in [9.17, 15) is 4.79 Å². The van der Waals surface area contributed by atoms with Gasteiger partial charge >= 0.3 is 0 Å². The van der Waals surface area contributed by atoms with E-state index in [0.717, 1.165) is 37.2 Å². The molecule has 2 atom stereocenters. The third-order valence-electron chi connectivity index (χ3n) is 3.78. The Morgan fingerprint density at radius 2 is 2.30 bits per heavy atom. The summed E-state index contributed by atoms with van der Waals surface area (Å²) in [6, 6.07) is 7.97. The number of hydrogen-bond donors (Lipinski definition) is 2. The Balaban J connectivity index is 1.83. The lowest BCUT2D eigenvalue weighted by atomic mass is 10.1. The highest BCUT2D eigenvalue weighted by atomic mass is 16.5. The topological polar surface area (TPSA) is 50.4 Å². The lowest BCUT2D eigenvalue weighted by Crippen LogP contribution is -2.39. The minimum atomic E-state index is 0.0226. The molecular formula is C16H24N2O2. The van der Waals surface area contributed by atoms with Gasteiger partial charge < -0.3 is 15.4 Å². The molecule has 0 aromatic heterocycles. The van der Waals surface area contributed by atoms with Gasteiger partial charge in [0.05, 0.1) is 12.5 Å². The molecule has 1 aromatic carbocycles. The van der Waals surface area contributed by atoms with Crippen molar-refractivity contribution in [3.8, 4) is 5.75 Å². The molecule has 1 aromatic rings. The maximum absolute atomic E-state index is 12.0. The van der Waals surface area contributed by atoms with Gasteiger partial charge in [-0.05, 0) is 37.9 Å². The second-order valence-corrected chi connectivity index (χ2v) is 5.35. The summed E-state index contributed by atoms with van der Waals surface area (Å²) in [7, 11) is 0. The van der Waals surface area contributed by atoms with Gasteiger partial charge in [-0.2, -0.15) is 0 Å². The van der Waals surface area contributed by atoms with Gasteiger partial charge in [-0.15, -0.1) is 0 Å². The number of amides is 1. The Labute approximate surface area is 120 Å². The van der Waals surface area contributed by atoms with Crippen LogP contribution in [0.15, 0.2) is 24.3 Å². The molecule has 0 aliphatic carbocycles. The number of nitrogens with one attached hydrogen (secondary N) is 2. The number of aryl methyl sites for hydroxylation is 1. The maximum atomic E-state index is 12.0. The standard InChI is InChI=1S/C16H24N2O2/c1-3-14(20-15-7-5-4-6-12(15)2)11-18-16(19)13-8-9-17-10-13/h4-7,13-14,17H,3,8-11H2,1-2H3,(H,18,19). The predicted molar refractivity (Wildman–Crippen MR) is 79.9 cm³/mol. The van der Waals surface area contributed by atoms with Crippen LogP contribution in [0.5, 0.6) is 5.75 Å². The van der Waals surface area contributed by atoms with Gasteiger partial charge in [0, 0.05) is 6.54 Å². The van der Waals surface area contributed by atoms with E-state index in [4.69, 9.17) is 4.74 Å². The Kier molecular flexibility index (Phi) is 5.41. The summed E-state index contributed by atoms with van der Waals surface area (Å²) in [6.45, 7) is 6.41. The van der Waals surface area contributed by atoms with E-state index in [-0.39, 0.29) is 17.9 Å². The molecule has 4 nitrogen and oxygen atoms in total. The van der Waals surface area contributed by atoms with Gasteiger partial charge in [0.2, 0.25) is 5.91 Å². The number of benzene rings is 1. The summed E-state index contributed by atoms with van der Waals surface area (Å²) in [6.07, 6.45) is 1.83. The summed E-state index contributed by atoms with van der Waals surface area (Å²) in [4.78, 5) is 12.0. The second kappa shape index (κ2) is 7.29. The van der Waals surface area contributed by atoms with Gasteiger partial charge in [0.25, 0.3) is 0 Å². The fraction of sp³-hybridized carbons (Fsp3) is 0.562. The van der Waals surface area contributed by atoms with Crippen LogP contribution in [0, 0.1) is 12.8 Å². The van der Waals surface area contributed by atoms with E-state index in [0.29, 0.717) is 6.54 Å². The van der Waals surface area contributed by atoms with Gasteiger partial charge in [0.15, 0.2) is 0 Å². The first-order valence-electron chi connectivity index (χ1n) is 7.41. The van der Waals surface area contributed by atoms with Crippen molar-refractivity contribution in [2.45, 2.75) is 32.8 Å². The zero-order valence-electron chi connectivity index (χ0n) is 12.3. The highest BCUT2D eigenvalue weighted by molar-refractivity contribution is 5.79. The maximum Gasteiger partial charge on any atom is 0.224 e. The molecule has 110 valence electrons. The number of para-hydroxylation sites is 1. The van der Waals surface area contributed by atoms with E-state index in [1.807, 2.05) is 31.2 Å². The summed E-state index contributed by atoms with van der Waals surface area (Å²) in [5.74, 6) is 1.16. The van der Waals surface area contributed by atoms with Crippen molar-refractivity contribution in [3.05, 3.63) is 29.8 Å². The zero-order valence-corrected chi connectivity index (χ0v) is 12.3. The summed E-state index contributed by atoms with van der Waals surface area (Å²) in [5, 5.41) is 6.22. The molecule has 1 amide bonds. The lowest BCUT2D eigenvalue weighted by Gasteiger charge is -2.20. The largest absolute Gasteiger partial charge is 0.488 e. The average molecular weight is 276 g/mol. The van der Waals surface area contributed by atoms with Crippen LogP contribution in [0.2, 0.25) is 0 Å². The van der Waals surface area contributed by atoms with Crippen molar-refractivity contribution in [1.82, 2.24) is 10.6 Å². The second-order valence-electron chi connectivity index (χ2n) is 5.35. The van der Waals surface area contributed by atoms with Crippen LogP contribution in [-0.4, -0.2) is 31.6 Å². The Morgan fingerprint density at radius 1 is 1.50 bits per heavy atom. The molecule has 2 N–H and O–H groups in total. The highest BCUT2D eigenvalue weighted by Gasteiger charge is 2.22. The molecule has 4 heteroatoms. The fourth-order valence-corrected chi connectivity index (χ4v) is 2.37. The number of carbonyl (C=O) groups excluding carboxylic acids is 1. The van der Waals surface area contributed by atoms with Gasteiger partial charge in [0.1, 0.15) is 11.9 Å². The van der Waals surface area contributed by atoms with Gasteiger partial charge in [-0.3, -0.25) is 4.79 Å². The van der Waals surface area contributed by atoms with Crippen molar-refractivity contribution >= 4 is 5.91 Å². The quantitative estimate of drug-likeness (QED) is 0.834. The van der Waals surface area contributed by atoms with Crippen molar-refractivity contribution in [3.63, 3.8) is 0 Å². The Morgan fingerprint density at radius 3 is 2.95 bits per heavy atom. The van der Waals surface area contributed by atoms with Gasteiger partial charge in [-0.1, -0.05) is 25.1 Å². The zero-order chi connectivity index (χ0) is 14.4. The van der Waals surface area contributed by atoms with Crippen LogP contribution < -0.4 is 15.4 Å². The Bertz CT molecular complexity index is 442. The number of carbonyl (C=O) groups is 1. The first-order chi connectivity index (χ1) is 9.70. The fourth-order valence-electron chi connectivity index (χ4n) is 2.37. The first-order valence-corrected chi connectivity index (χ1v) is 7.41. The van der Waals surface area contributed by atoms with Crippen LogP contribution in [0.4, 0.5) is 0 Å². The van der Waals surface area contributed by atoms with Crippen LogP contribution in [0.25, 0.3) is 0 Å². The molecule has 0 saturated carbocycles. The molecule has 0 bridgehead atoms. The molecule has 1 fully saturated rings.